The summed E-state index contributed by atoms with van der Waals surface area (Å²) in [7, 11) is -0.286. The standard InChI is InChI=1S/C105H161NO20SSi/c1-24-76-63(7)64(8)87(126-128(25-2,26-3)27-4)95(116-76)123-91-86(120-93-65(9)62(6)61(5)53-113-93)67(11)84(69(13)108)119-96(91)118-81-46-47-101(19)79(102(81,20)59-107)45-48-103(21)80(101)44-43-74-75-51-99(15,16)49-50-105(75,82(109-23)52-104(74,103)22)60-127-98-88(66(10)83(106)77(117-98)57-110-54-71-37-31-28-32-38-71)121-97-92-90(124-100(17,18)125-92)89(70(14)115-97)122-94-68(12)85(112-56-73-41-35-30-36-42-73)78(58-114-94)111-55-72-39-33-29-34-40-72/h28-43,59,61-68,70,75-98H,24-27,44-58,60,106H2,1-23H3/t61-,62-,63+,64+,65?,66?,67-,68?,70?,75?,76?,77?,78-,79-,80?,81+,82?,83-,84?,85?,86+,87?,88?,89+,90?,91?,92?,93+,94+,95+,96-,97+,98+,101?,102-,103+,104-,105-/m1/s1. The van der Waals surface area contributed by atoms with E-state index >= 15 is 0 Å². The van der Waals surface area contributed by atoms with E-state index in [9.17, 15) is 9.59 Å². The molecule has 4 saturated carbocycles. The van der Waals surface area contributed by atoms with Crippen LogP contribution in [0.5, 0.6) is 0 Å². The van der Waals surface area contributed by atoms with Crippen LogP contribution in [0.3, 0.4) is 0 Å². The van der Waals surface area contributed by atoms with Crippen molar-refractivity contribution in [3.05, 3.63) is 119 Å². The van der Waals surface area contributed by atoms with E-state index in [2.05, 4.69) is 160 Å². The van der Waals surface area contributed by atoms with Gasteiger partial charge in [-0.25, -0.2) is 0 Å². The number of ether oxygens (including phenoxy) is 17. The second-order valence-electron chi connectivity index (χ2n) is 43.9. The zero-order valence-electron chi connectivity index (χ0n) is 81.7. The topological polar surface area (TPSA) is 226 Å². The van der Waals surface area contributed by atoms with Crippen LogP contribution in [0.2, 0.25) is 18.1 Å². The molecule has 7 saturated heterocycles. The minimum absolute atomic E-state index is 0.0420. The summed E-state index contributed by atoms with van der Waals surface area (Å²) in [6.07, 6.45) is 0.667. The van der Waals surface area contributed by atoms with Gasteiger partial charge in [0.05, 0.1) is 93.9 Å². The van der Waals surface area contributed by atoms with Crippen LogP contribution in [-0.4, -0.2) is 193 Å². The van der Waals surface area contributed by atoms with Crippen LogP contribution >= 0.6 is 11.8 Å². The van der Waals surface area contributed by atoms with Crippen LogP contribution in [-0.2, 0) is 114 Å². The Morgan fingerprint density at radius 3 is 1.80 bits per heavy atom. The molecule has 7 aliphatic heterocycles. The largest absolute Gasteiger partial charge is 0.408 e. The molecule has 3 aromatic rings. The van der Waals surface area contributed by atoms with Gasteiger partial charge < -0.3 is 95.5 Å². The molecule has 7 heterocycles. The molecule has 0 spiro atoms. The van der Waals surface area contributed by atoms with Crippen molar-refractivity contribution in [1.29, 1.82) is 0 Å². The lowest BCUT2D eigenvalue weighted by atomic mass is 9.33. The number of benzene rings is 3. The SMILES string of the molecule is CCC1O[C@@H](OC2[C@H](O[C@H]3CCC4(C)C5CC=C6C7CC(C)(C)CC[C@]7(CS[C@@H]7OC(COCc8ccccc8)[C@H](N)C(C)C7O[C@@H]7OC(C)[C@H](O[C@@H]8OC[C@@H](OCc9ccccc9)C(OCc9ccccc9)C8C)C8OC(C)(C)OC87)C(OC)C[C@@]6(C)[C@@]5(C)CC[C@H]4[C@@]3(C)C=O)OC(C(C)=O)[C@@H](C)[C@@H]2O[C@@H]2OC[C@@H](C)[C@@H](C)C2C)C(O[Si](CC)(CC)CC)[C@@H](C)[C@@H]1C. The van der Waals surface area contributed by atoms with E-state index in [4.69, 9.17) is 90.7 Å². The number of ketones is 1. The van der Waals surface area contributed by atoms with E-state index in [-0.39, 0.29) is 117 Å². The van der Waals surface area contributed by atoms with Gasteiger partial charge in [0.2, 0.25) is 0 Å². The second kappa shape index (κ2) is 40.3. The summed E-state index contributed by atoms with van der Waals surface area (Å²) < 4.78 is 129. The lowest BCUT2D eigenvalue weighted by Crippen LogP contribution is -2.68. The van der Waals surface area contributed by atoms with E-state index in [0.717, 1.165) is 98.4 Å². The molecule has 0 bridgehead atoms. The molecule has 23 heteroatoms. The Kier molecular flexibility index (Phi) is 31.2. The average Bonchev–Trinajstić information content (AvgIpc) is 0.757. The molecule has 38 atom stereocenters. The van der Waals surface area contributed by atoms with Gasteiger partial charge in [0.25, 0.3) is 0 Å². The van der Waals surface area contributed by atoms with Crippen molar-refractivity contribution in [3.63, 3.8) is 0 Å². The van der Waals surface area contributed by atoms with Crippen LogP contribution in [0.15, 0.2) is 103 Å². The Morgan fingerprint density at radius 1 is 0.555 bits per heavy atom. The summed E-state index contributed by atoms with van der Waals surface area (Å²) in [5.74, 6) is -0.0103. The number of fused-ring (bicyclic) bond motifs is 8. The second-order valence-corrected chi connectivity index (χ2v) is 49.7. The lowest BCUT2D eigenvalue weighted by molar-refractivity contribution is -0.376. The van der Waals surface area contributed by atoms with Gasteiger partial charge in [0.1, 0.15) is 54.4 Å². The summed E-state index contributed by atoms with van der Waals surface area (Å²) in [6, 6.07) is 33.1. The summed E-state index contributed by atoms with van der Waals surface area (Å²) in [4.78, 5) is 29.3. The summed E-state index contributed by atoms with van der Waals surface area (Å²) in [6.45, 7) is 51.3. The van der Waals surface area contributed by atoms with Crippen LogP contribution in [0.4, 0.5) is 0 Å². The molecule has 128 heavy (non-hydrogen) atoms. The highest BCUT2D eigenvalue weighted by Gasteiger charge is 2.72. The number of rotatable bonds is 32. The quantitative estimate of drug-likeness (QED) is 0.0265. The molecule has 3 aromatic carbocycles. The van der Waals surface area contributed by atoms with Crippen molar-refractivity contribution >= 4 is 32.1 Å². The van der Waals surface area contributed by atoms with Gasteiger partial charge >= 0.3 is 0 Å². The number of nitrogens with two attached hydrogens (primary N) is 1. The van der Waals surface area contributed by atoms with Crippen LogP contribution < -0.4 is 5.73 Å². The Morgan fingerprint density at radius 2 is 1.16 bits per heavy atom. The number of hydrogen-bond donors (Lipinski definition) is 1. The van der Waals surface area contributed by atoms with Gasteiger partial charge in [0.15, 0.2) is 51.3 Å². The highest BCUT2D eigenvalue weighted by molar-refractivity contribution is 7.99. The average molecular weight is 1820 g/mol. The minimum atomic E-state index is -2.25. The van der Waals surface area contributed by atoms with Crippen LogP contribution in [0.1, 0.15) is 233 Å². The molecule has 0 amide bonds. The molecule has 21 nitrogen and oxygen atoms in total. The fourth-order valence-corrected chi connectivity index (χ4v) is 31.1. The summed E-state index contributed by atoms with van der Waals surface area (Å²) in [5.41, 5.74) is 9.79. The third kappa shape index (κ3) is 19.3. The first kappa shape index (κ1) is 99.0. The van der Waals surface area contributed by atoms with E-state index in [1.165, 1.54) is 6.29 Å². The predicted molar refractivity (Wildman–Crippen MR) is 497 cm³/mol. The minimum Gasteiger partial charge on any atom is -0.408 e. The van der Waals surface area contributed by atoms with Crippen molar-refractivity contribution < 1.29 is 94.5 Å². The fourth-order valence-electron chi connectivity index (χ4n) is 26.5. The molecule has 0 aromatic heterocycles. The molecule has 0 radical (unpaired) electrons. The first-order chi connectivity index (χ1) is 61.0. The van der Waals surface area contributed by atoms with E-state index in [0.29, 0.717) is 51.3 Å². The van der Waals surface area contributed by atoms with Gasteiger partial charge in [-0.2, -0.15) is 0 Å². The normalized spacial score (nSPS) is 45.2. The first-order valence-electron chi connectivity index (χ1n) is 49.6. The highest BCUT2D eigenvalue weighted by Crippen LogP contribution is 2.77. The number of carbonyl (C=O) groups excluding carboxylic acids is 2. The maximum atomic E-state index is 15.0. The number of hydrogen-bond acceptors (Lipinski definition) is 22. The predicted octanol–water partition coefficient (Wildman–Crippen LogP) is 19.6. The molecule has 5 aliphatic carbocycles. The van der Waals surface area contributed by atoms with Gasteiger partial charge in [-0.05, 0) is 190 Å². The van der Waals surface area contributed by atoms with Gasteiger partial charge in [0, 0.05) is 48.0 Å². The maximum absolute atomic E-state index is 15.0. The maximum Gasteiger partial charge on any atom is 0.192 e. The Bertz CT molecular complexity index is 4140. The Labute approximate surface area is 772 Å². The first-order valence-corrected chi connectivity index (χ1v) is 53.2. The van der Waals surface area contributed by atoms with Crippen molar-refractivity contribution in [1.82, 2.24) is 0 Å². The van der Waals surface area contributed by atoms with Crippen molar-refractivity contribution in [3.8, 4) is 0 Å². The molecule has 11 fully saturated rings. The van der Waals surface area contributed by atoms with E-state index < -0.39 is 129 Å². The van der Waals surface area contributed by atoms with Crippen molar-refractivity contribution in [2.24, 2.45) is 103 Å². The number of methoxy groups -OCH3 is 1. The summed E-state index contributed by atoms with van der Waals surface area (Å²) in [5, 5.41) is 0. The van der Waals surface area contributed by atoms with Crippen molar-refractivity contribution in [2.75, 3.05) is 32.7 Å². The summed E-state index contributed by atoms with van der Waals surface area (Å²) >= 11 is 1.84. The van der Waals surface area contributed by atoms with E-state index in [1.807, 2.05) is 101 Å². The van der Waals surface area contributed by atoms with Gasteiger partial charge in [-0.3, -0.25) is 4.79 Å². The molecule has 17 unspecified atom stereocenters. The molecular weight excluding hydrogens is 1660 g/mol. The number of Topliss-reactive ketones (excluding diaryl/α,β-unsaturated/α-hetero) is 1. The smallest absolute Gasteiger partial charge is 0.192 e. The molecule has 2 N–H and O–H groups in total. The van der Waals surface area contributed by atoms with Gasteiger partial charge in [-0.15, -0.1) is 11.8 Å². The third-order valence-electron chi connectivity index (χ3n) is 35.6. The van der Waals surface area contributed by atoms with E-state index in [1.54, 1.807) is 12.5 Å². The zero-order chi connectivity index (χ0) is 91.5. The molecule has 716 valence electrons. The monoisotopic (exact) mass is 1820 g/mol. The fraction of sp³-hybridized carbons (Fsp3) is 0.790. The molecule has 12 aliphatic rings. The zero-order valence-corrected chi connectivity index (χ0v) is 83.5. The van der Waals surface area contributed by atoms with Crippen molar-refractivity contribution in [2.45, 2.75) is 395 Å². The number of allylic oxidation sites excluding steroid dienone is 2. The van der Waals surface area contributed by atoms with Gasteiger partial charge in [-0.1, -0.05) is 227 Å². The lowest BCUT2D eigenvalue weighted by Gasteiger charge is -2.72. The number of carbonyl (C=O) groups is 2. The Balaban J connectivity index is 0.701. The molecule has 15 rings (SSSR count). The Hall–Kier alpha value is -3.45. The third-order valence-corrected chi connectivity index (χ3v) is 41.7. The molecular formula is C105H161NO20SSi. The number of aldehydes is 1. The van der Waals surface area contributed by atoms with Crippen LogP contribution in [0, 0.1) is 97.6 Å². The highest BCUT2D eigenvalue weighted by atomic mass is 32.2. The number of thioether (sulfide) groups is 1. The van der Waals surface area contributed by atoms with Crippen LogP contribution in [0.25, 0.3) is 0 Å².